The maximum atomic E-state index is 13.0. The molecule has 0 radical (unpaired) electrons. The van der Waals surface area contributed by atoms with Gasteiger partial charge in [-0.25, -0.2) is 8.42 Å². The molecule has 0 bridgehead atoms. The molecule has 4 aromatic rings. The van der Waals surface area contributed by atoms with Gasteiger partial charge in [0.05, 0.1) is 31.0 Å². The van der Waals surface area contributed by atoms with Crippen molar-refractivity contribution in [2.45, 2.75) is 10.1 Å². The number of amides is 1. The zero-order chi connectivity index (χ0) is 27.2. The van der Waals surface area contributed by atoms with E-state index in [1.54, 1.807) is 55.6 Å². The molecule has 1 fully saturated rings. The quantitative estimate of drug-likeness (QED) is 0.306. The van der Waals surface area contributed by atoms with Crippen molar-refractivity contribution in [2.75, 3.05) is 44.5 Å². The maximum absolute atomic E-state index is 13.0. The number of carbonyl (C=O) groups is 1. The van der Waals surface area contributed by atoms with Crippen molar-refractivity contribution in [1.29, 1.82) is 0 Å². The van der Waals surface area contributed by atoms with Crippen LogP contribution in [0.1, 0.15) is 0 Å². The number of carbonyl (C=O) groups excluding carboxylic acids is 1. The Morgan fingerprint density at radius 1 is 0.974 bits per heavy atom. The van der Waals surface area contributed by atoms with Gasteiger partial charge >= 0.3 is 0 Å². The lowest BCUT2D eigenvalue weighted by Crippen LogP contribution is -2.40. The fourth-order valence-electron chi connectivity index (χ4n) is 4.07. The van der Waals surface area contributed by atoms with Crippen LogP contribution in [-0.4, -0.2) is 72.6 Å². The minimum Gasteiger partial charge on any atom is -0.497 e. The number of anilines is 1. The van der Waals surface area contributed by atoms with Crippen molar-refractivity contribution in [3.8, 4) is 22.8 Å². The topological polar surface area (TPSA) is 116 Å². The summed E-state index contributed by atoms with van der Waals surface area (Å²) in [6.07, 6.45) is 0. The molecule has 12 heteroatoms. The highest BCUT2D eigenvalue weighted by Crippen LogP contribution is 2.29. The number of hydrogen-bond acceptors (Lipinski definition) is 8. The van der Waals surface area contributed by atoms with Crippen LogP contribution < -0.4 is 10.1 Å². The average molecular weight is 566 g/mol. The van der Waals surface area contributed by atoms with Crippen molar-refractivity contribution in [3.63, 3.8) is 0 Å². The molecule has 1 amide bonds. The molecule has 10 nitrogen and oxygen atoms in total. The Labute approximate surface area is 231 Å². The lowest BCUT2D eigenvalue weighted by molar-refractivity contribution is -0.113. The number of morpholine rings is 1. The Hall–Kier alpha value is -3.71. The Kier molecular flexibility index (Phi) is 8.27. The molecule has 39 heavy (non-hydrogen) atoms. The van der Waals surface area contributed by atoms with Gasteiger partial charge in [-0.2, -0.15) is 4.31 Å². The van der Waals surface area contributed by atoms with Gasteiger partial charge < -0.3 is 14.8 Å². The van der Waals surface area contributed by atoms with E-state index in [-0.39, 0.29) is 16.6 Å². The lowest BCUT2D eigenvalue weighted by Gasteiger charge is -2.26. The van der Waals surface area contributed by atoms with Crippen molar-refractivity contribution in [2.24, 2.45) is 0 Å². The van der Waals surface area contributed by atoms with Gasteiger partial charge in [-0.1, -0.05) is 30.0 Å². The number of hydrogen-bond donors (Lipinski definition) is 1. The van der Waals surface area contributed by atoms with Crippen LogP contribution in [0.15, 0.2) is 88.9 Å². The predicted octanol–water partition coefficient (Wildman–Crippen LogP) is 3.69. The minimum atomic E-state index is -3.61. The lowest BCUT2D eigenvalue weighted by atomic mass is 10.2. The number of thioether (sulfide) groups is 1. The summed E-state index contributed by atoms with van der Waals surface area (Å²) in [5.41, 5.74) is 2.18. The Balaban J connectivity index is 1.37. The molecule has 0 aliphatic carbocycles. The van der Waals surface area contributed by atoms with E-state index in [1.165, 1.54) is 16.1 Å². The van der Waals surface area contributed by atoms with Gasteiger partial charge in [0.25, 0.3) is 0 Å². The van der Waals surface area contributed by atoms with Crippen molar-refractivity contribution in [3.05, 3.63) is 78.9 Å². The van der Waals surface area contributed by atoms with Gasteiger partial charge in [-0.3, -0.25) is 9.36 Å². The molecule has 202 valence electrons. The number of aromatic nitrogens is 3. The van der Waals surface area contributed by atoms with Crippen LogP contribution in [0.25, 0.3) is 17.1 Å². The Morgan fingerprint density at radius 2 is 1.67 bits per heavy atom. The molecular formula is C27H27N5O5S2. The summed E-state index contributed by atoms with van der Waals surface area (Å²) in [5, 5.41) is 12.2. The zero-order valence-electron chi connectivity index (χ0n) is 21.2. The first-order valence-electron chi connectivity index (χ1n) is 12.2. The highest BCUT2D eigenvalue weighted by atomic mass is 32.2. The number of sulfonamides is 1. The summed E-state index contributed by atoms with van der Waals surface area (Å²) in [7, 11) is -2.02. The van der Waals surface area contributed by atoms with Crippen molar-refractivity contribution in [1.82, 2.24) is 19.1 Å². The summed E-state index contributed by atoms with van der Waals surface area (Å²) < 4.78 is 39.8. The number of methoxy groups -OCH3 is 1. The molecule has 0 saturated carbocycles. The second-order valence-corrected chi connectivity index (χ2v) is 11.5. The first kappa shape index (κ1) is 26.9. The zero-order valence-corrected chi connectivity index (χ0v) is 22.8. The molecule has 2 heterocycles. The third-order valence-electron chi connectivity index (χ3n) is 6.07. The molecular weight excluding hydrogens is 538 g/mol. The number of nitrogens with one attached hydrogen (secondary N) is 1. The van der Waals surface area contributed by atoms with E-state index in [0.717, 1.165) is 5.69 Å². The molecule has 1 aliphatic heterocycles. The van der Waals surface area contributed by atoms with Crippen LogP contribution in [0.4, 0.5) is 5.69 Å². The third kappa shape index (κ3) is 6.14. The highest BCUT2D eigenvalue weighted by Gasteiger charge is 2.26. The van der Waals surface area contributed by atoms with Crippen LogP contribution >= 0.6 is 11.8 Å². The van der Waals surface area contributed by atoms with Crippen LogP contribution in [-0.2, 0) is 19.6 Å². The minimum absolute atomic E-state index is 0.119. The predicted molar refractivity (Wildman–Crippen MR) is 149 cm³/mol. The molecule has 1 aliphatic rings. The number of benzene rings is 3. The molecule has 1 aromatic heterocycles. The van der Waals surface area contributed by atoms with Gasteiger partial charge in [0.2, 0.25) is 15.9 Å². The Bertz CT molecular complexity index is 1520. The molecule has 3 aromatic carbocycles. The smallest absolute Gasteiger partial charge is 0.243 e. The number of para-hydroxylation sites is 1. The number of ether oxygens (including phenoxy) is 2. The van der Waals surface area contributed by atoms with E-state index >= 15 is 0 Å². The first-order valence-corrected chi connectivity index (χ1v) is 14.6. The van der Waals surface area contributed by atoms with Crippen LogP contribution in [0.2, 0.25) is 0 Å². The van der Waals surface area contributed by atoms with E-state index in [9.17, 15) is 13.2 Å². The summed E-state index contributed by atoms with van der Waals surface area (Å²) in [6, 6.07) is 23.3. The molecule has 0 atom stereocenters. The SMILES string of the molecule is COc1ccc(NC(=O)CSc2nnc(-c3ccc(S(=O)(=O)N4CCOCC4)cc3)n2-c2ccccc2)cc1. The average Bonchev–Trinajstić information content (AvgIpc) is 3.41. The number of nitrogens with zero attached hydrogens (tertiary/aromatic N) is 4. The highest BCUT2D eigenvalue weighted by molar-refractivity contribution is 7.99. The molecule has 0 unspecified atom stereocenters. The van der Waals surface area contributed by atoms with Gasteiger partial charge in [-0.05, 0) is 60.7 Å². The molecule has 5 rings (SSSR count). The summed E-state index contributed by atoms with van der Waals surface area (Å²) >= 11 is 1.26. The molecule has 0 spiro atoms. The van der Waals surface area contributed by atoms with Crippen LogP contribution in [0.3, 0.4) is 0 Å². The van der Waals surface area contributed by atoms with Gasteiger partial charge in [0, 0.05) is 30.0 Å². The van der Waals surface area contributed by atoms with Gasteiger partial charge in [0.15, 0.2) is 11.0 Å². The second kappa shape index (κ2) is 12.0. The second-order valence-electron chi connectivity index (χ2n) is 8.58. The number of rotatable bonds is 9. The van der Waals surface area contributed by atoms with E-state index in [4.69, 9.17) is 9.47 Å². The van der Waals surface area contributed by atoms with Crippen molar-refractivity contribution >= 4 is 33.4 Å². The summed E-state index contributed by atoms with van der Waals surface area (Å²) in [6.45, 7) is 1.43. The van der Waals surface area contributed by atoms with Crippen LogP contribution in [0, 0.1) is 0 Å². The van der Waals surface area contributed by atoms with E-state index in [0.29, 0.717) is 54.3 Å². The monoisotopic (exact) mass is 565 g/mol. The van der Waals surface area contributed by atoms with Crippen molar-refractivity contribution < 1.29 is 22.7 Å². The van der Waals surface area contributed by atoms with Crippen LogP contribution in [0.5, 0.6) is 5.75 Å². The van der Waals surface area contributed by atoms with Gasteiger partial charge in [-0.15, -0.1) is 10.2 Å². The standard InChI is InChI=1S/C27H27N5O5S2/c1-36-23-11-9-21(10-12-23)28-25(33)19-38-27-30-29-26(32(27)22-5-3-2-4-6-22)20-7-13-24(14-8-20)39(34,35)31-15-17-37-18-16-31/h2-14H,15-19H2,1H3,(H,28,33). The van der Waals surface area contributed by atoms with E-state index < -0.39 is 10.0 Å². The third-order valence-corrected chi connectivity index (χ3v) is 8.92. The molecule has 1 N–H and O–H groups in total. The largest absolute Gasteiger partial charge is 0.497 e. The normalized spacial score (nSPS) is 14.2. The van der Waals surface area contributed by atoms with E-state index in [2.05, 4.69) is 15.5 Å². The Morgan fingerprint density at radius 3 is 2.33 bits per heavy atom. The van der Waals surface area contributed by atoms with Gasteiger partial charge in [0.1, 0.15) is 5.75 Å². The summed E-state index contributed by atoms with van der Waals surface area (Å²) in [4.78, 5) is 12.8. The maximum Gasteiger partial charge on any atom is 0.243 e. The fraction of sp³-hybridized carbons (Fsp3) is 0.222. The first-order chi connectivity index (χ1) is 19.0. The fourth-order valence-corrected chi connectivity index (χ4v) is 6.23. The molecule has 1 saturated heterocycles. The van der Waals surface area contributed by atoms with E-state index in [1.807, 2.05) is 34.9 Å². The summed E-state index contributed by atoms with van der Waals surface area (Å²) in [5.74, 6) is 1.17.